The monoisotopic (exact) mass is 365 g/mol. The van der Waals surface area contributed by atoms with E-state index in [1.165, 1.54) is 23.5 Å². The van der Waals surface area contributed by atoms with Crippen LogP contribution in [0, 0.1) is 5.82 Å². The van der Waals surface area contributed by atoms with E-state index in [0.29, 0.717) is 17.2 Å². The lowest BCUT2D eigenvalue weighted by Crippen LogP contribution is -2.46. The van der Waals surface area contributed by atoms with Gasteiger partial charge in [-0.2, -0.15) is 11.8 Å². The van der Waals surface area contributed by atoms with Crippen LogP contribution in [0.4, 0.5) is 4.39 Å². The molecule has 1 aromatic carbocycles. The van der Waals surface area contributed by atoms with Crippen molar-refractivity contribution >= 4 is 35.0 Å². The molecule has 0 saturated carbocycles. The van der Waals surface area contributed by atoms with Gasteiger partial charge in [0.05, 0.1) is 17.3 Å². The molecule has 3 rings (SSSR count). The second-order valence-corrected chi connectivity index (χ2v) is 7.73. The number of halogens is 1. The van der Waals surface area contributed by atoms with Crippen LogP contribution in [-0.2, 0) is 4.79 Å². The minimum atomic E-state index is -0.890. The van der Waals surface area contributed by atoms with E-state index in [-0.39, 0.29) is 24.2 Å². The van der Waals surface area contributed by atoms with Gasteiger partial charge in [-0.3, -0.25) is 9.59 Å². The fourth-order valence-electron chi connectivity index (χ4n) is 2.66. The highest BCUT2D eigenvalue weighted by atomic mass is 32.2. The first-order chi connectivity index (χ1) is 11.5. The molecule has 0 aliphatic carbocycles. The molecule has 24 heavy (non-hydrogen) atoms. The minimum absolute atomic E-state index is 0.0328. The number of amides is 1. The first kappa shape index (κ1) is 17.0. The first-order valence-corrected chi connectivity index (χ1v) is 9.48. The van der Waals surface area contributed by atoms with Crippen LogP contribution in [0.3, 0.4) is 0 Å². The van der Waals surface area contributed by atoms with Crippen LogP contribution in [0.5, 0.6) is 0 Å². The van der Waals surface area contributed by atoms with Crippen molar-refractivity contribution in [1.29, 1.82) is 0 Å². The Morgan fingerprint density at radius 1 is 1.21 bits per heavy atom. The minimum Gasteiger partial charge on any atom is -0.481 e. The van der Waals surface area contributed by atoms with Crippen molar-refractivity contribution in [3.8, 4) is 10.4 Å². The lowest BCUT2D eigenvalue weighted by Gasteiger charge is -2.34. The van der Waals surface area contributed by atoms with Crippen molar-refractivity contribution in [1.82, 2.24) is 4.90 Å². The molecular formula is C17H16FNO3S2. The largest absolute Gasteiger partial charge is 0.481 e. The zero-order chi connectivity index (χ0) is 17.1. The maximum Gasteiger partial charge on any atom is 0.305 e. The van der Waals surface area contributed by atoms with Crippen LogP contribution < -0.4 is 0 Å². The Morgan fingerprint density at radius 3 is 2.67 bits per heavy atom. The summed E-state index contributed by atoms with van der Waals surface area (Å²) in [6.07, 6.45) is -0.0328. The number of benzene rings is 1. The van der Waals surface area contributed by atoms with Gasteiger partial charge < -0.3 is 10.0 Å². The van der Waals surface area contributed by atoms with Crippen LogP contribution in [0.25, 0.3) is 10.4 Å². The van der Waals surface area contributed by atoms with Gasteiger partial charge in [0, 0.05) is 22.9 Å². The van der Waals surface area contributed by atoms with Gasteiger partial charge in [0.2, 0.25) is 0 Å². The summed E-state index contributed by atoms with van der Waals surface area (Å²) >= 11 is 3.02. The number of carboxylic acid groups (broad SMARTS) is 1. The number of carbonyl (C=O) groups is 2. The number of hydrogen-bond donors (Lipinski definition) is 1. The lowest BCUT2D eigenvalue weighted by atomic mass is 10.2. The predicted molar refractivity (Wildman–Crippen MR) is 94.1 cm³/mol. The van der Waals surface area contributed by atoms with Gasteiger partial charge >= 0.3 is 5.97 Å². The lowest BCUT2D eigenvalue weighted by molar-refractivity contribution is -0.138. The molecule has 7 heteroatoms. The molecule has 1 N–H and O–H groups in total. The Bertz CT molecular complexity index is 745. The number of thiophene rings is 1. The van der Waals surface area contributed by atoms with Crippen molar-refractivity contribution in [2.45, 2.75) is 12.5 Å². The highest BCUT2D eigenvalue weighted by Crippen LogP contribution is 2.30. The number of aliphatic carboxylic acids is 1. The van der Waals surface area contributed by atoms with E-state index in [4.69, 9.17) is 5.11 Å². The normalized spacial score (nSPS) is 17.7. The quantitative estimate of drug-likeness (QED) is 0.900. The fraction of sp³-hybridized carbons (Fsp3) is 0.294. The van der Waals surface area contributed by atoms with Crippen molar-refractivity contribution in [2.24, 2.45) is 0 Å². The van der Waals surface area contributed by atoms with E-state index in [9.17, 15) is 14.0 Å². The summed E-state index contributed by atoms with van der Waals surface area (Å²) in [5.41, 5.74) is 0.858. The number of carboxylic acids is 1. The van der Waals surface area contributed by atoms with E-state index in [1.54, 1.807) is 34.9 Å². The summed E-state index contributed by atoms with van der Waals surface area (Å²) in [6.45, 7) is 0.561. The summed E-state index contributed by atoms with van der Waals surface area (Å²) in [6, 6.07) is 9.47. The molecule has 1 fully saturated rings. The van der Waals surface area contributed by atoms with Crippen molar-refractivity contribution in [3.63, 3.8) is 0 Å². The molecule has 1 amide bonds. The van der Waals surface area contributed by atoms with E-state index in [2.05, 4.69) is 0 Å². The van der Waals surface area contributed by atoms with E-state index < -0.39 is 5.97 Å². The van der Waals surface area contributed by atoms with Gasteiger partial charge in [0.15, 0.2) is 0 Å². The second-order valence-electron chi connectivity index (χ2n) is 5.50. The molecule has 1 aromatic heterocycles. The third-order valence-electron chi connectivity index (χ3n) is 3.84. The zero-order valence-corrected chi connectivity index (χ0v) is 14.4. The number of carbonyl (C=O) groups excluding carboxylic acids is 1. The molecule has 2 heterocycles. The molecule has 1 unspecified atom stereocenters. The average molecular weight is 365 g/mol. The number of rotatable bonds is 4. The Balaban J connectivity index is 1.79. The van der Waals surface area contributed by atoms with Crippen LogP contribution in [0.1, 0.15) is 16.1 Å². The highest BCUT2D eigenvalue weighted by molar-refractivity contribution is 7.99. The van der Waals surface area contributed by atoms with Crippen LogP contribution in [-0.4, -0.2) is 46.0 Å². The standard InChI is InChI=1S/C17H16FNO3S2/c18-12-3-1-11(2-4-12)14-5-6-15(24-14)17(22)19-7-8-23-10-13(19)9-16(20)21/h1-6,13H,7-10H2,(H,20,21). The van der Waals surface area contributed by atoms with Crippen molar-refractivity contribution < 1.29 is 19.1 Å². The van der Waals surface area contributed by atoms with Gasteiger partial charge in [-0.1, -0.05) is 12.1 Å². The summed E-state index contributed by atoms with van der Waals surface area (Å²) < 4.78 is 13.0. The van der Waals surface area contributed by atoms with Gasteiger partial charge in [-0.15, -0.1) is 11.3 Å². The van der Waals surface area contributed by atoms with E-state index >= 15 is 0 Å². The third kappa shape index (κ3) is 3.79. The molecule has 1 aliphatic heterocycles. The van der Waals surface area contributed by atoms with E-state index in [1.807, 2.05) is 6.07 Å². The Labute approximate surface area is 147 Å². The van der Waals surface area contributed by atoms with Crippen molar-refractivity contribution in [3.05, 3.63) is 47.1 Å². The summed E-state index contributed by atoms with van der Waals surface area (Å²) in [4.78, 5) is 26.9. The number of thioether (sulfide) groups is 1. The molecule has 1 aliphatic rings. The molecule has 1 saturated heterocycles. The molecule has 1 atom stereocenters. The molecule has 2 aromatic rings. The Morgan fingerprint density at radius 2 is 1.96 bits per heavy atom. The maximum atomic E-state index is 13.0. The summed E-state index contributed by atoms with van der Waals surface area (Å²) in [5, 5.41) is 9.04. The zero-order valence-electron chi connectivity index (χ0n) is 12.8. The first-order valence-electron chi connectivity index (χ1n) is 7.51. The third-order valence-corrected chi connectivity index (χ3v) is 6.06. The smallest absolute Gasteiger partial charge is 0.305 e. The van der Waals surface area contributed by atoms with Crippen molar-refractivity contribution in [2.75, 3.05) is 18.1 Å². The molecule has 0 bridgehead atoms. The van der Waals surface area contributed by atoms with Gasteiger partial charge in [-0.25, -0.2) is 4.39 Å². The fourth-order valence-corrected chi connectivity index (χ4v) is 4.69. The maximum absolute atomic E-state index is 13.0. The SMILES string of the molecule is O=C(O)CC1CSCCN1C(=O)c1ccc(-c2ccc(F)cc2)s1. The average Bonchev–Trinajstić information content (AvgIpc) is 3.05. The van der Waals surface area contributed by atoms with E-state index in [0.717, 1.165) is 16.2 Å². The number of hydrogen-bond acceptors (Lipinski definition) is 4. The Hall–Kier alpha value is -1.86. The molecule has 0 radical (unpaired) electrons. The predicted octanol–water partition coefficient (Wildman–Crippen LogP) is 3.59. The molecule has 4 nitrogen and oxygen atoms in total. The van der Waals surface area contributed by atoms with Crippen LogP contribution in [0.15, 0.2) is 36.4 Å². The Kier molecular flexibility index (Phi) is 5.20. The summed E-state index contributed by atoms with van der Waals surface area (Å²) in [5.74, 6) is 0.152. The van der Waals surface area contributed by atoms with Gasteiger partial charge in [-0.05, 0) is 29.8 Å². The summed E-state index contributed by atoms with van der Waals surface area (Å²) in [7, 11) is 0. The number of nitrogens with zero attached hydrogens (tertiary/aromatic N) is 1. The van der Waals surface area contributed by atoms with Gasteiger partial charge in [0.1, 0.15) is 5.82 Å². The van der Waals surface area contributed by atoms with Crippen LogP contribution in [0.2, 0.25) is 0 Å². The molecule has 126 valence electrons. The highest BCUT2D eigenvalue weighted by Gasteiger charge is 2.30. The molecular weight excluding hydrogens is 349 g/mol. The second kappa shape index (κ2) is 7.36. The topological polar surface area (TPSA) is 57.6 Å². The van der Waals surface area contributed by atoms with Crippen LogP contribution >= 0.6 is 23.1 Å². The van der Waals surface area contributed by atoms with Gasteiger partial charge in [0.25, 0.3) is 5.91 Å². The molecule has 0 spiro atoms.